The van der Waals surface area contributed by atoms with Crippen molar-refractivity contribution in [2.24, 2.45) is 5.92 Å². The third-order valence-electron chi connectivity index (χ3n) is 6.46. The number of methoxy groups -OCH3 is 1. The predicted molar refractivity (Wildman–Crippen MR) is 121 cm³/mol. The largest absolute Gasteiger partial charge is 0.497 e. The van der Waals surface area contributed by atoms with Crippen molar-refractivity contribution < 1.29 is 13.9 Å². The highest BCUT2D eigenvalue weighted by Crippen LogP contribution is 2.39. The van der Waals surface area contributed by atoms with Crippen molar-refractivity contribution in [2.75, 3.05) is 43.6 Å². The second-order valence-corrected chi connectivity index (χ2v) is 8.35. The molecule has 1 amide bonds. The molecule has 4 heterocycles. The molecular weight excluding hydrogens is 406 g/mol. The van der Waals surface area contributed by atoms with Crippen LogP contribution < -0.4 is 14.5 Å². The number of rotatable bonds is 5. The average Bonchev–Trinajstić information content (AvgIpc) is 3.36. The Labute approximate surface area is 187 Å². The van der Waals surface area contributed by atoms with Crippen LogP contribution >= 0.6 is 0 Å². The molecule has 0 aliphatic carbocycles. The van der Waals surface area contributed by atoms with E-state index in [0.29, 0.717) is 19.5 Å². The molecular formula is C24H27N5O3. The number of fused-ring (bicyclic) bond motifs is 3. The molecule has 0 spiro atoms. The Morgan fingerprint density at radius 3 is 2.94 bits per heavy atom. The zero-order valence-electron chi connectivity index (χ0n) is 18.3. The Morgan fingerprint density at radius 1 is 1.28 bits per heavy atom. The van der Waals surface area contributed by atoms with Crippen molar-refractivity contribution in [3.05, 3.63) is 66.5 Å². The summed E-state index contributed by atoms with van der Waals surface area (Å²) < 4.78 is 10.9. The number of carbonyl (C=O) groups excluding carboxylic acids is 1. The molecule has 32 heavy (non-hydrogen) atoms. The van der Waals surface area contributed by atoms with Crippen LogP contribution in [-0.4, -0.2) is 60.6 Å². The van der Waals surface area contributed by atoms with E-state index in [1.54, 1.807) is 36.9 Å². The lowest BCUT2D eigenvalue weighted by atomic mass is 9.83. The van der Waals surface area contributed by atoms with Gasteiger partial charge in [-0.2, -0.15) is 0 Å². The van der Waals surface area contributed by atoms with Crippen molar-refractivity contribution in [2.45, 2.75) is 19.0 Å². The molecule has 8 nitrogen and oxygen atoms in total. The minimum atomic E-state index is -0.171. The summed E-state index contributed by atoms with van der Waals surface area (Å²) in [5.74, 6) is 2.41. The summed E-state index contributed by atoms with van der Waals surface area (Å²) in [5, 5.41) is 0. The molecule has 0 N–H and O–H groups in total. The first kappa shape index (κ1) is 20.4. The monoisotopic (exact) mass is 433 g/mol. The molecule has 0 bridgehead atoms. The van der Waals surface area contributed by atoms with Gasteiger partial charge >= 0.3 is 0 Å². The van der Waals surface area contributed by atoms with E-state index >= 15 is 0 Å². The number of aromatic nitrogens is 2. The van der Waals surface area contributed by atoms with Crippen molar-refractivity contribution in [3.63, 3.8) is 0 Å². The van der Waals surface area contributed by atoms with Gasteiger partial charge in [-0.15, -0.1) is 0 Å². The zero-order valence-corrected chi connectivity index (χ0v) is 18.3. The highest BCUT2D eigenvalue weighted by Gasteiger charge is 2.43. The molecule has 2 aliphatic rings. The first-order valence-corrected chi connectivity index (χ1v) is 10.9. The lowest BCUT2D eigenvalue weighted by Gasteiger charge is -2.49. The van der Waals surface area contributed by atoms with Crippen LogP contribution in [0.4, 0.5) is 11.5 Å². The summed E-state index contributed by atoms with van der Waals surface area (Å²) in [7, 11) is 3.53. The number of hydrogen-bond donors (Lipinski definition) is 0. The third-order valence-corrected chi connectivity index (χ3v) is 6.46. The van der Waals surface area contributed by atoms with E-state index in [-0.39, 0.29) is 17.9 Å². The molecule has 3 aromatic rings. The number of ether oxygens (including phenoxy) is 1. The van der Waals surface area contributed by atoms with E-state index in [1.807, 2.05) is 25.2 Å². The van der Waals surface area contributed by atoms with Gasteiger partial charge in [0.25, 0.3) is 0 Å². The second-order valence-electron chi connectivity index (χ2n) is 8.35. The molecule has 2 aliphatic heterocycles. The summed E-state index contributed by atoms with van der Waals surface area (Å²) in [6.45, 7) is 2.78. The Hall–Kier alpha value is -3.55. The smallest absolute Gasteiger partial charge is 0.228 e. The van der Waals surface area contributed by atoms with Gasteiger partial charge in [0, 0.05) is 50.8 Å². The van der Waals surface area contributed by atoms with Gasteiger partial charge in [0.1, 0.15) is 17.3 Å². The number of benzene rings is 1. The van der Waals surface area contributed by atoms with Crippen LogP contribution in [0.25, 0.3) is 0 Å². The third kappa shape index (κ3) is 3.77. The number of hydrogen-bond acceptors (Lipinski definition) is 7. The van der Waals surface area contributed by atoms with Gasteiger partial charge in [0.05, 0.1) is 38.1 Å². The van der Waals surface area contributed by atoms with E-state index in [1.165, 1.54) is 5.56 Å². The van der Waals surface area contributed by atoms with Crippen LogP contribution in [0, 0.1) is 5.92 Å². The quantitative estimate of drug-likeness (QED) is 0.612. The van der Waals surface area contributed by atoms with E-state index in [9.17, 15) is 4.79 Å². The van der Waals surface area contributed by atoms with Crippen molar-refractivity contribution in [3.8, 4) is 5.75 Å². The number of anilines is 2. The molecule has 8 heteroatoms. The second kappa shape index (κ2) is 8.53. The highest BCUT2D eigenvalue weighted by atomic mass is 16.5. The topological polar surface area (TPSA) is 74.9 Å². The van der Waals surface area contributed by atoms with Gasteiger partial charge in [0.15, 0.2) is 0 Å². The summed E-state index contributed by atoms with van der Waals surface area (Å²) in [6, 6.07) is 9.93. The van der Waals surface area contributed by atoms with Crippen molar-refractivity contribution in [1.82, 2.24) is 14.9 Å². The minimum Gasteiger partial charge on any atom is -0.497 e. The minimum absolute atomic E-state index is 0.0249. The number of amides is 1. The first-order chi connectivity index (χ1) is 15.6. The van der Waals surface area contributed by atoms with Crippen LogP contribution in [0.15, 0.2) is 59.6 Å². The average molecular weight is 434 g/mol. The highest BCUT2D eigenvalue weighted by molar-refractivity contribution is 5.82. The van der Waals surface area contributed by atoms with E-state index in [0.717, 1.165) is 36.1 Å². The Bertz CT molecular complexity index is 1070. The molecule has 2 aromatic heterocycles. The molecule has 2 unspecified atom stereocenters. The van der Waals surface area contributed by atoms with Crippen LogP contribution in [0.2, 0.25) is 0 Å². The predicted octanol–water partition coefficient (Wildman–Crippen LogP) is 2.60. The lowest BCUT2D eigenvalue weighted by Crippen LogP contribution is -2.61. The standard InChI is InChI=1S/C24H27N5O3/c1-27(15-19-4-3-11-32-19)24(30)20-12-17-5-6-18(31-2)13-21(17)29-10-9-28(16-22(20)29)23-14-25-7-8-26-23/h3-8,11,13-14,20,22H,9-10,12,15-16H2,1-2H3. The maximum Gasteiger partial charge on any atom is 0.228 e. The fourth-order valence-electron chi connectivity index (χ4n) is 4.85. The maximum absolute atomic E-state index is 13.6. The van der Waals surface area contributed by atoms with Gasteiger partial charge in [-0.25, -0.2) is 4.98 Å². The lowest BCUT2D eigenvalue weighted by molar-refractivity contribution is -0.135. The van der Waals surface area contributed by atoms with Gasteiger partial charge in [0.2, 0.25) is 5.91 Å². The summed E-state index contributed by atoms with van der Waals surface area (Å²) in [5.41, 5.74) is 2.34. The maximum atomic E-state index is 13.6. The van der Waals surface area contributed by atoms with Crippen LogP contribution in [0.1, 0.15) is 11.3 Å². The van der Waals surface area contributed by atoms with Crippen molar-refractivity contribution >= 4 is 17.4 Å². The number of nitrogens with zero attached hydrogens (tertiary/aromatic N) is 5. The zero-order chi connectivity index (χ0) is 22.1. The Morgan fingerprint density at radius 2 is 2.19 bits per heavy atom. The van der Waals surface area contributed by atoms with E-state index in [2.05, 4.69) is 31.9 Å². The molecule has 1 aromatic carbocycles. The summed E-state index contributed by atoms with van der Waals surface area (Å²) >= 11 is 0. The van der Waals surface area contributed by atoms with E-state index in [4.69, 9.17) is 9.15 Å². The van der Waals surface area contributed by atoms with Gasteiger partial charge < -0.3 is 23.9 Å². The molecule has 1 saturated heterocycles. The molecule has 0 saturated carbocycles. The van der Waals surface area contributed by atoms with Gasteiger partial charge in [-0.1, -0.05) is 6.07 Å². The van der Waals surface area contributed by atoms with Gasteiger partial charge in [-0.05, 0) is 30.2 Å². The molecule has 166 valence electrons. The fourth-order valence-corrected chi connectivity index (χ4v) is 4.85. The number of piperazine rings is 1. The number of carbonyl (C=O) groups is 1. The molecule has 2 atom stereocenters. The van der Waals surface area contributed by atoms with Crippen LogP contribution in [-0.2, 0) is 17.8 Å². The normalized spacial score (nSPS) is 19.8. The van der Waals surface area contributed by atoms with E-state index < -0.39 is 0 Å². The Kier molecular flexibility index (Phi) is 5.43. The summed E-state index contributed by atoms with van der Waals surface area (Å²) in [6.07, 6.45) is 7.51. The van der Waals surface area contributed by atoms with Crippen LogP contribution in [0.3, 0.4) is 0 Å². The molecule has 1 fully saturated rings. The van der Waals surface area contributed by atoms with Crippen LogP contribution in [0.5, 0.6) is 5.75 Å². The van der Waals surface area contributed by atoms with Crippen molar-refractivity contribution in [1.29, 1.82) is 0 Å². The fraction of sp³-hybridized carbons (Fsp3) is 0.375. The van der Waals surface area contributed by atoms with Gasteiger partial charge in [-0.3, -0.25) is 9.78 Å². The Balaban J connectivity index is 1.46. The summed E-state index contributed by atoms with van der Waals surface area (Å²) in [4.78, 5) is 28.7. The SMILES string of the molecule is COc1ccc2c(c1)N1CCN(c3cnccn3)CC1C(C(=O)N(C)Cc1ccco1)C2. The first-order valence-electron chi connectivity index (χ1n) is 10.9. The molecule has 5 rings (SSSR count). The molecule has 0 radical (unpaired) electrons. The number of furan rings is 1.